The number of aromatic nitrogens is 1. The first-order valence-electron chi connectivity index (χ1n) is 9.27. The third kappa shape index (κ3) is 3.71. The molecule has 4 rings (SSSR count). The number of amides is 2. The summed E-state index contributed by atoms with van der Waals surface area (Å²) in [7, 11) is 2.04. The Balaban J connectivity index is 1.36. The van der Waals surface area contributed by atoms with Crippen LogP contribution in [0, 0.1) is 11.6 Å². The largest absolute Gasteiger partial charge is 0.350 e. The van der Waals surface area contributed by atoms with E-state index in [4.69, 9.17) is 0 Å². The molecule has 0 unspecified atom stereocenters. The first-order valence-corrected chi connectivity index (χ1v) is 9.27. The van der Waals surface area contributed by atoms with E-state index >= 15 is 0 Å². The predicted molar refractivity (Wildman–Crippen MR) is 105 cm³/mol. The molecular weight excluding hydrogens is 362 g/mol. The number of piperazine rings is 1. The van der Waals surface area contributed by atoms with Gasteiger partial charge in [-0.15, -0.1) is 0 Å². The highest BCUT2D eigenvalue weighted by atomic mass is 19.1. The van der Waals surface area contributed by atoms with Crippen LogP contribution in [0.2, 0.25) is 0 Å². The second kappa shape index (κ2) is 7.59. The van der Waals surface area contributed by atoms with E-state index in [2.05, 4.69) is 33.1 Å². The molecule has 2 amide bonds. The molecule has 146 valence electrons. The van der Waals surface area contributed by atoms with E-state index in [0.29, 0.717) is 13.1 Å². The number of benzene rings is 2. The van der Waals surface area contributed by atoms with Crippen LogP contribution >= 0.6 is 0 Å². The van der Waals surface area contributed by atoms with Gasteiger partial charge in [-0.2, -0.15) is 0 Å². The van der Waals surface area contributed by atoms with Gasteiger partial charge >= 0.3 is 6.03 Å². The zero-order valence-corrected chi connectivity index (χ0v) is 15.7. The number of urea groups is 1. The van der Waals surface area contributed by atoms with Crippen LogP contribution in [0.15, 0.2) is 48.7 Å². The summed E-state index contributed by atoms with van der Waals surface area (Å²) in [5.74, 6) is -1.44. The highest BCUT2D eigenvalue weighted by Crippen LogP contribution is 2.22. The first kappa shape index (κ1) is 18.4. The van der Waals surface area contributed by atoms with E-state index in [-0.39, 0.29) is 11.7 Å². The Kier molecular flexibility index (Phi) is 5.00. The summed E-state index contributed by atoms with van der Waals surface area (Å²) in [5.41, 5.74) is 2.46. The number of para-hydroxylation sites is 1. The van der Waals surface area contributed by atoms with Crippen molar-refractivity contribution in [3.05, 3.63) is 65.9 Å². The molecule has 0 saturated carbocycles. The number of rotatable bonds is 3. The Morgan fingerprint density at radius 1 is 1.07 bits per heavy atom. The van der Waals surface area contributed by atoms with E-state index in [9.17, 15) is 13.6 Å². The maximum absolute atomic E-state index is 13.7. The van der Waals surface area contributed by atoms with Crippen molar-refractivity contribution in [1.82, 2.24) is 14.4 Å². The molecule has 2 aromatic carbocycles. The minimum absolute atomic E-state index is 0.00964. The number of hydrogen-bond acceptors (Lipinski definition) is 2. The summed E-state index contributed by atoms with van der Waals surface area (Å²) in [6.45, 7) is 3.41. The molecule has 5 nitrogen and oxygen atoms in total. The van der Waals surface area contributed by atoms with E-state index in [1.807, 2.05) is 19.2 Å². The first-order chi connectivity index (χ1) is 13.5. The number of halogens is 2. The van der Waals surface area contributed by atoms with E-state index in [0.717, 1.165) is 31.8 Å². The van der Waals surface area contributed by atoms with Crippen LogP contribution in [-0.4, -0.2) is 46.6 Å². The van der Waals surface area contributed by atoms with Crippen LogP contribution in [0.5, 0.6) is 0 Å². The van der Waals surface area contributed by atoms with Gasteiger partial charge in [0.25, 0.3) is 0 Å². The minimum atomic E-state index is -0.775. The molecule has 7 heteroatoms. The van der Waals surface area contributed by atoms with Gasteiger partial charge < -0.3 is 14.8 Å². The fourth-order valence-corrected chi connectivity index (χ4v) is 3.69. The van der Waals surface area contributed by atoms with Crippen LogP contribution in [0.3, 0.4) is 0 Å². The zero-order chi connectivity index (χ0) is 19.7. The Bertz CT molecular complexity index is 1010. The van der Waals surface area contributed by atoms with Crippen molar-refractivity contribution in [3.63, 3.8) is 0 Å². The maximum Gasteiger partial charge on any atom is 0.322 e. The summed E-state index contributed by atoms with van der Waals surface area (Å²) in [6.07, 6.45) is 2.15. The molecule has 0 bridgehead atoms. The van der Waals surface area contributed by atoms with Crippen molar-refractivity contribution in [2.24, 2.45) is 7.05 Å². The van der Waals surface area contributed by atoms with Crippen molar-refractivity contribution in [2.75, 3.05) is 31.5 Å². The van der Waals surface area contributed by atoms with Gasteiger partial charge in [0, 0.05) is 62.9 Å². The molecule has 0 radical (unpaired) electrons. The van der Waals surface area contributed by atoms with Crippen molar-refractivity contribution in [3.8, 4) is 0 Å². The van der Waals surface area contributed by atoms with Crippen LogP contribution in [0.4, 0.5) is 19.3 Å². The van der Waals surface area contributed by atoms with Crippen LogP contribution < -0.4 is 5.32 Å². The normalized spacial score (nSPS) is 15.2. The molecule has 0 spiro atoms. The molecule has 1 aromatic heterocycles. The monoisotopic (exact) mass is 384 g/mol. The number of fused-ring (bicyclic) bond motifs is 1. The lowest BCUT2D eigenvalue weighted by Crippen LogP contribution is -2.49. The smallest absolute Gasteiger partial charge is 0.322 e. The zero-order valence-electron chi connectivity index (χ0n) is 15.7. The van der Waals surface area contributed by atoms with Gasteiger partial charge in [-0.1, -0.05) is 18.2 Å². The minimum Gasteiger partial charge on any atom is -0.350 e. The quantitative estimate of drug-likeness (QED) is 0.746. The predicted octanol–water partition coefficient (Wildman–Crippen LogP) is 3.81. The second-order valence-electron chi connectivity index (χ2n) is 7.10. The van der Waals surface area contributed by atoms with E-state index < -0.39 is 11.6 Å². The topological polar surface area (TPSA) is 40.5 Å². The Labute approximate surface area is 162 Å². The fourth-order valence-electron chi connectivity index (χ4n) is 3.69. The highest BCUT2D eigenvalue weighted by molar-refractivity contribution is 5.89. The van der Waals surface area contributed by atoms with Gasteiger partial charge in [0.2, 0.25) is 0 Å². The summed E-state index contributed by atoms with van der Waals surface area (Å²) < 4.78 is 28.8. The number of carbonyl (C=O) groups excluding carboxylic acids is 1. The molecular formula is C21H22F2N4O. The molecule has 3 aromatic rings. The number of aryl methyl sites for hydroxylation is 1. The summed E-state index contributed by atoms with van der Waals surface area (Å²) in [4.78, 5) is 16.3. The molecule has 28 heavy (non-hydrogen) atoms. The number of carbonyl (C=O) groups is 1. The Morgan fingerprint density at radius 2 is 1.82 bits per heavy atom. The lowest BCUT2D eigenvalue weighted by molar-refractivity contribution is 0.143. The van der Waals surface area contributed by atoms with Gasteiger partial charge in [-0.3, -0.25) is 4.90 Å². The standard InChI is InChI=1S/C21H22F2N4O/c1-25-13-15(17-4-2-3-5-20(17)25)14-26-8-10-27(11-9-26)21(28)24-19-7-6-16(22)12-18(19)23/h2-7,12-13H,8-11,14H2,1H3,(H,24,28). The van der Waals surface area contributed by atoms with Crippen molar-refractivity contribution >= 4 is 22.6 Å². The maximum atomic E-state index is 13.7. The number of hydrogen-bond donors (Lipinski definition) is 1. The molecule has 1 N–H and O–H groups in total. The van der Waals surface area contributed by atoms with E-state index in [1.54, 1.807) is 4.90 Å². The number of nitrogens with zero attached hydrogens (tertiary/aromatic N) is 3. The van der Waals surface area contributed by atoms with Crippen molar-refractivity contribution in [2.45, 2.75) is 6.54 Å². The average Bonchev–Trinajstić information content (AvgIpc) is 3.00. The molecule has 1 aliphatic rings. The fraction of sp³-hybridized carbons (Fsp3) is 0.286. The Morgan fingerprint density at radius 3 is 2.57 bits per heavy atom. The highest BCUT2D eigenvalue weighted by Gasteiger charge is 2.22. The molecule has 1 fully saturated rings. The third-order valence-corrected chi connectivity index (χ3v) is 5.21. The molecule has 2 heterocycles. The SMILES string of the molecule is Cn1cc(CN2CCN(C(=O)Nc3ccc(F)cc3F)CC2)c2ccccc21. The van der Waals surface area contributed by atoms with Gasteiger partial charge in [0.15, 0.2) is 0 Å². The van der Waals surface area contributed by atoms with Crippen molar-refractivity contribution < 1.29 is 13.6 Å². The van der Waals surface area contributed by atoms with E-state index in [1.165, 1.54) is 22.5 Å². The lowest BCUT2D eigenvalue weighted by atomic mass is 10.1. The molecule has 0 aliphatic carbocycles. The van der Waals surface area contributed by atoms with Crippen LogP contribution in [0.25, 0.3) is 10.9 Å². The molecule has 1 aliphatic heterocycles. The molecule has 0 atom stereocenters. The van der Waals surface area contributed by atoms with Gasteiger partial charge in [0.1, 0.15) is 11.6 Å². The summed E-state index contributed by atoms with van der Waals surface area (Å²) in [6, 6.07) is 11.1. The lowest BCUT2D eigenvalue weighted by Gasteiger charge is -2.34. The number of nitrogens with one attached hydrogen (secondary N) is 1. The van der Waals surface area contributed by atoms with Gasteiger partial charge in [0.05, 0.1) is 5.69 Å². The third-order valence-electron chi connectivity index (χ3n) is 5.21. The summed E-state index contributed by atoms with van der Waals surface area (Å²) >= 11 is 0. The van der Waals surface area contributed by atoms with Gasteiger partial charge in [-0.25, -0.2) is 13.6 Å². The number of anilines is 1. The van der Waals surface area contributed by atoms with Crippen molar-refractivity contribution in [1.29, 1.82) is 0 Å². The second-order valence-corrected chi connectivity index (χ2v) is 7.10. The average molecular weight is 384 g/mol. The van der Waals surface area contributed by atoms with Crippen LogP contribution in [0.1, 0.15) is 5.56 Å². The molecule has 1 saturated heterocycles. The summed E-state index contributed by atoms with van der Waals surface area (Å²) in [5, 5.41) is 3.77. The van der Waals surface area contributed by atoms with Crippen LogP contribution in [-0.2, 0) is 13.6 Å². The Hall–Kier alpha value is -2.93. The van der Waals surface area contributed by atoms with Gasteiger partial charge in [-0.05, 0) is 23.8 Å².